The zero-order valence-electron chi connectivity index (χ0n) is 13.9. The molecule has 11 heteroatoms. The SMILES string of the molecule is Cc1ccc(NC(=O)N2C[C@@H](C(F)(F)F)[C@H](C(=O)O)C2)c(S(C)(=O)=O)c1. The lowest BCUT2D eigenvalue weighted by Crippen LogP contribution is -2.35. The van der Waals surface area contributed by atoms with Gasteiger partial charge in [-0.2, -0.15) is 13.2 Å². The van der Waals surface area contributed by atoms with Gasteiger partial charge in [-0.25, -0.2) is 13.2 Å². The second-order valence-corrected chi connectivity index (χ2v) is 8.18. The molecule has 26 heavy (non-hydrogen) atoms. The number of carbonyl (C=O) groups excluding carboxylic acids is 1. The molecule has 7 nitrogen and oxygen atoms in total. The third-order valence-electron chi connectivity index (χ3n) is 4.12. The molecular weight excluding hydrogens is 377 g/mol. The number of nitrogens with one attached hydrogen (secondary N) is 1. The number of urea groups is 1. The van der Waals surface area contributed by atoms with Crippen LogP contribution in [0.15, 0.2) is 23.1 Å². The summed E-state index contributed by atoms with van der Waals surface area (Å²) < 4.78 is 62.7. The number of carboxylic acid groups (broad SMARTS) is 1. The van der Waals surface area contributed by atoms with Crippen molar-refractivity contribution in [2.75, 3.05) is 24.7 Å². The molecule has 1 fully saturated rings. The van der Waals surface area contributed by atoms with Gasteiger partial charge >= 0.3 is 18.2 Å². The van der Waals surface area contributed by atoms with E-state index in [2.05, 4.69) is 5.32 Å². The number of hydrogen-bond acceptors (Lipinski definition) is 4. The maximum Gasteiger partial charge on any atom is 0.394 e. The van der Waals surface area contributed by atoms with E-state index in [-0.39, 0.29) is 10.6 Å². The van der Waals surface area contributed by atoms with Gasteiger partial charge in [-0.3, -0.25) is 4.79 Å². The van der Waals surface area contributed by atoms with Crippen LogP contribution in [0, 0.1) is 18.8 Å². The maximum atomic E-state index is 13.0. The number of anilines is 1. The van der Waals surface area contributed by atoms with Gasteiger partial charge in [0, 0.05) is 19.3 Å². The second kappa shape index (κ2) is 6.78. The third kappa shape index (κ3) is 4.26. The van der Waals surface area contributed by atoms with E-state index in [1.807, 2.05) is 0 Å². The molecule has 2 amide bonds. The van der Waals surface area contributed by atoms with E-state index in [0.29, 0.717) is 5.56 Å². The van der Waals surface area contributed by atoms with Crippen LogP contribution in [0.25, 0.3) is 0 Å². The van der Waals surface area contributed by atoms with Crippen LogP contribution in [0.1, 0.15) is 5.56 Å². The molecule has 1 heterocycles. The number of aryl methyl sites for hydroxylation is 1. The lowest BCUT2D eigenvalue weighted by Gasteiger charge is -2.19. The van der Waals surface area contributed by atoms with Crippen LogP contribution in [0.3, 0.4) is 0 Å². The van der Waals surface area contributed by atoms with Gasteiger partial charge in [-0.15, -0.1) is 0 Å². The summed E-state index contributed by atoms with van der Waals surface area (Å²) in [5.74, 6) is -5.60. The molecule has 2 rings (SSSR count). The number of halogens is 3. The highest BCUT2D eigenvalue weighted by atomic mass is 32.2. The predicted molar refractivity (Wildman–Crippen MR) is 85.6 cm³/mol. The number of hydrogen-bond donors (Lipinski definition) is 2. The Hall–Kier alpha value is -2.30. The first-order chi connectivity index (χ1) is 11.8. The summed E-state index contributed by atoms with van der Waals surface area (Å²) in [7, 11) is -3.69. The van der Waals surface area contributed by atoms with Crippen molar-refractivity contribution in [1.82, 2.24) is 4.90 Å². The fraction of sp³-hybridized carbons (Fsp3) is 0.467. The summed E-state index contributed by atoms with van der Waals surface area (Å²) in [6.07, 6.45) is -3.83. The Balaban J connectivity index is 2.26. The van der Waals surface area contributed by atoms with E-state index >= 15 is 0 Å². The Morgan fingerprint density at radius 3 is 2.35 bits per heavy atom. The van der Waals surface area contributed by atoms with Gasteiger partial charge in [0.2, 0.25) is 0 Å². The van der Waals surface area contributed by atoms with Gasteiger partial charge in [0.1, 0.15) is 0 Å². The van der Waals surface area contributed by atoms with Crippen LogP contribution >= 0.6 is 0 Å². The number of amides is 2. The number of carbonyl (C=O) groups is 2. The van der Waals surface area contributed by atoms with Crippen molar-refractivity contribution in [3.8, 4) is 0 Å². The number of rotatable bonds is 3. The van der Waals surface area contributed by atoms with Crippen LogP contribution in [-0.4, -0.2) is 55.9 Å². The first-order valence-corrected chi connectivity index (χ1v) is 9.36. The van der Waals surface area contributed by atoms with Crippen molar-refractivity contribution in [1.29, 1.82) is 0 Å². The van der Waals surface area contributed by atoms with Crippen LogP contribution in [-0.2, 0) is 14.6 Å². The Labute approximate surface area is 147 Å². The monoisotopic (exact) mass is 394 g/mol. The van der Waals surface area contributed by atoms with Crippen molar-refractivity contribution in [2.24, 2.45) is 11.8 Å². The molecule has 0 bridgehead atoms. The van der Waals surface area contributed by atoms with Crippen molar-refractivity contribution >= 4 is 27.5 Å². The lowest BCUT2D eigenvalue weighted by molar-refractivity contribution is -0.187. The molecule has 0 aliphatic carbocycles. The van der Waals surface area contributed by atoms with Crippen molar-refractivity contribution in [2.45, 2.75) is 18.0 Å². The van der Waals surface area contributed by atoms with Crippen molar-refractivity contribution in [3.63, 3.8) is 0 Å². The average molecular weight is 394 g/mol. The fourth-order valence-electron chi connectivity index (χ4n) is 2.79. The van der Waals surface area contributed by atoms with Crippen molar-refractivity contribution in [3.05, 3.63) is 23.8 Å². The molecule has 1 aliphatic rings. The highest BCUT2D eigenvalue weighted by molar-refractivity contribution is 7.90. The molecule has 1 aliphatic heterocycles. The smallest absolute Gasteiger partial charge is 0.394 e. The average Bonchev–Trinajstić information content (AvgIpc) is 2.93. The summed E-state index contributed by atoms with van der Waals surface area (Å²) in [6.45, 7) is 0.212. The minimum Gasteiger partial charge on any atom is -0.481 e. The van der Waals surface area contributed by atoms with E-state index < -0.39 is 52.9 Å². The van der Waals surface area contributed by atoms with Gasteiger partial charge in [-0.1, -0.05) is 6.07 Å². The molecule has 0 saturated carbocycles. The topological polar surface area (TPSA) is 104 Å². The molecule has 1 aromatic carbocycles. The standard InChI is InChI=1S/C15H17F3N2O5S/c1-8-3-4-11(12(5-8)26(2,24)25)19-14(23)20-6-9(13(21)22)10(7-20)15(16,17)18/h3-5,9-10H,6-7H2,1-2H3,(H,19,23)(H,21,22)/t9-,10-/m1/s1. The first-order valence-electron chi connectivity index (χ1n) is 7.47. The summed E-state index contributed by atoms with van der Waals surface area (Å²) in [5, 5.41) is 11.2. The zero-order chi connectivity index (χ0) is 19.9. The van der Waals surface area contributed by atoms with Crippen LogP contribution in [0.4, 0.5) is 23.7 Å². The second-order valence-electron chi connectivity index (χ2n) is 6.20. The highest BCUT2D eigenvalue weighted by Crippen LogP contribution is 2.38. The van der Waals surface area contributed by atoms with Crippen LogP contribution in [0.5, 0.6) is 0 Å². The summed E-state index contributed by atoms with van der Waals surface area (Å²) >= 11 is 0. The number of alkyl halides is 3. The van der Waals surface area contributed by atoms with E-state index in [4.69, 9.17) is 5.11 Å². The molecule has 144 valence electrons. The van der Waals surface area contributed by atoms with E-state index in [1.165, 1.54) is 18.2 Å². The van der Waals surface area contributed by atoms with Crippen LogP contribution < -0.4 is 5.32 Å². The molecule has 0 unspecified atom stereocenters. The number of carboxylic acids is 1. The van der Waals surface area contributed by atoms with Crippen LogP contribution in [0.2, 0.25) is 0 Å². The van der Waals surface area contributed by atoms with Gasteiger partial charge < -0.3 is 15.3 Å². The number of nitrogens with zero attached hydrogens (tertiary/aromatic N) is 1. The van der Waals surface area contributed by atoms with Gasteiger partial charge in [-0.05, 0) is 24.6 Å². The number of benzene rings is 1. The minimum atomic E-state index is -4.76. The number of aliphatic carboxylic acids is 1. The lowest BCUT2D eigenvalue weighted by atomic mass is 9.96. The zero-order valence-corrected chi connectivity index (χ0v) is 14.7. The molecule has 2 atom stereocenters. The molecule has 1 saturated heterocycles. The molecule has 0 aromatic heterocycles. The molecule has 0 spiro atoms. The summed E-state index contributed by atoms with van der Waals surface area (Å²) in [6, 6.07) is 3.20. The summed E-state index contributed by atoms with van der Waals surface area (Å²) in [5.41, 5.74) is 0.540. The fourth-order valence-corrected chi connectivity index (χ4v) is 3.70. The Kier molecular flexibility index (Phi) is 5.22. The highest BCUT2D eigenvalue weighted by Gasteiger charge is 2.53. The quantitative estimate of drug-likeness (QED) is 0.817. The maximum absolute atomic E-state index is 13.0. The molecule has 1 aromatic rings. The predicted octanol–water partition coefficient (Wildman–Crippen LogP) is 2.13. The molecular formula is C15H17F3N2O5S. The number of likely N-dealkylation sites (tertiary alicyclic amines) is 1. The van der Waals surface area contributed by atoms with Gasteiger partial charge in [0.05, 0.1) is 22.4 Å². The molecule has 0 radical (unpaired) electrons. The number of sulfone groups is 1. The van der Waals surface area contributed by atoms with Gasteiger partial charge in [0.15, 0.2) is 9.84 Å². The van der Waals surface area contributed by atoms with Crippen molar-refractivity contribution < 1.29 is 36.3 Å². The first kappa shape index (κ1) is 20.0. The Morgan fingerprint density at radius 1 is 1.27 bits per heavy atom. The molecule has 2 N–H and O–H groups in total. The largest absolute Gasteiger partial charge is 0.481 e. The minimum absolute atomic E-state index is 0.0783. The normalized spacial score (nSPS) is 20.9. The summed E-state index contributed by atoms with van der Waals surface area (Å²) in [4.78, 5) is 23.9. The van der Waals surface area contributed by atoms with E-state index in [1.54, 1.807) is 6.92 Å². The third-order valence-corrected chi connectivity index (χ3v) is 5.26. The van der Waals surface area contributed by atoms with E-state index in [0.717, 1.165) is 11.2 Å². The van der Waals surface area contributed by atoms with E-state index in [9.17, 15) is 31.2 Å². The Morgan fingerprint density at radius 2 is 1.88 bits per heavy atom. The van der Waals surface area contributed by atoms with Gasteiger partial charge in [0.25, 0.3) is 0 Å². The Bertz CT molecular complexity index is 838.